The average Bonchev–Trinajstić information content (AvgIpc) is 2.75. The zero-order chi connectivity index (χ0) is 19.3. The van der Waals surface area contributed by atoms with Crippen molar-refractivity contribution in [2.24, 2.45) is 0 Å². The van der Waals surface area contributed by atoms with Crippen molar-refractivity contribution in [3.8, 4) is 5.75 Å². The topological polar surface area (TPSA) is 64.1 Å². The number of pyridine rings is 2. The van der Waals surface area contributed by atoms with E-state index in [0.717, 1.165) is 27.7 Å². The monoisotopic (exact) mass is 369 g/mol. The number of hydrogen-bond acceptors (Lipinski definition) is 4. The maximum atomic E-state index is 12.7. The molecular weight excluding hydrogens is 350 g/mol. The Kier molecular flexibility index (Phi) is 4.97. The number of fused-ring (bicyclic) bond motifs is 1. The standard InChI is InChI=1S/C23H19N3O2/c1-16-6-11-21(20-5-3-13-25-22(16)20)26-23(27)18-7-9-19(10-8-18)28-15-17-4-2-12-24-14-17/h2-14H,15H2,1H3,(H,26,27). The van der Waals surface area contributed by atoms with Gasteiger partial charge >= 0.3 is 0 Å². The highest BCUT2D eigenvalue weighted by Crippen LogP contribution is 2.25. The Hall–Kier alpha value is -3.73. The van der Waals surface area contributed by atoms with E-state index in [1.165, 1.54) is 0 Å². The zero-order valence-electron chi connectivity index (χ0n) is 15.4. The van der Waals surface area contributed by atoms with Crippen LogP contribution in [0.4, 0.5) is 5.69 Å². The molecule has 4 aromatic rings. The Morgan fingerprint density at radius 1 is 1.00 bits per heavy atom. The molecule has 0 aliphatic carbocycles. The molecule has 1 N–H and O–H groups in total. The van der Waals surface area contributed by atoms with E-state index in [4.69, 9.17) is 4.74 Å². The summed E-state index contributed by atoms with van der Waals surface area (Å²) in [7, 11) is 0. The fourth-order valence-corrected chi connectivity index (χ4v) is 2.97. The second-order valence-corrected chi connectivity index (χ2v) is 6.46. The summed E-state index contributed by atoms with van der Waals surface area (Å²) in [5.74, 6) is 0.526. The van der Waals surface area contributed by atoms with Crippen LogP contribution >= 0.6 is 0 Å². The van der Waals surface area contributed by atoms with Crippen LogP contribution in [-0.4, -0.2) is 15.9 Å². The number of aromatic nitrogens is 2. The predicted molar refractivity (Wildman–Crippen MR) is 109 cm³/mol. The Labute approximate surface area is 163 Å². The van der Waals surface area contributed by atoms with E-state index in [1.54, 1.807) is 42.9 Å². The summed E-state index contributed by atoms with van der Waals surface area (Å²) in [5.41, 5.74) is 4.26. The van der Waals surface area contributed by atoms with Crippen LogP contribution in [0.5, 0.6) is 5.75 Å². The molecule has 0 aliphatic heterocycles. The summed E-state index contributed by atoms with van der Waals surface area (Å²) in [6.07, 6.45) is 5.25. The summed E-state index contributed by atoms with van der Waals surface area (Å²) in [5, 5.41) is 3.90. The van der Waals surface area contributed by atoms with Crippen LogP contribution in [0.25, 0.3) is 10.9 Å². The highest BCUT2D eigenvalue weighted by molar-refractivity contribution is 6.09. The second kappa shape index (κ2) is 7.88. The molecule has 0 saturated carbocycles. The summed E-state index contributed by atoms with van der Waals surface area (Å²) in [6.45, 7) is 2.44. The largest absolute Gasteiger partial charge is 0.489 e. The summed E-state index contributed by atoms with van der Waals surface area (Å²) < 4.78 is 5.74. The summed E-state index contributed by atoms with van der Waals surface area (Å²) >= 11 is 0. The van der Waals surface area contributed by atoms with Crippen molar-refractivity contribution in [2.45, 2.75) is 13.5 Å². The molecule has 0 unspecified atom stereocenters. The van der Waals surface area contributed by atoms with Gasteiger partial charge in [0, 0.05) is 35.1 Å². The van der Waals surface area contributed by atoms with E-state index < -0.39 is 0 Å². The van der Waals surface area contributed by atoms with Gasteiger partial charge in [0.05, 0.1) is 11.2 Å². The smallest absolute Gasteiger partial charge is 0.255 e. The van der Waals surface area contributed by atoms with Crippen molar-refractivity contribution in [2.75, 3.05) is 5.32 Å². The Morgan fingerprint density at radius 3 is 2.61 bits per heavy atom. The zero-order valence-corrected chi connectivity index (χ0v) is 15.4. The molecule has 0 bridgehead atoms. The second-order valence-electron chi connectivity index (χ2n) is 6.46. The van der Waals surface area contributed by atoms with E-state index in [1.807, 2.05) is 43.3 Å². The van der Waals surface area contributed by atoms with E-state index in [0.29, 0.717) is 17.9 Å². The molecule has 2 heterocycles. The van der Waals surface area contributed by atoms with Gasteiger partial charge in [-0.25, -0.2) is 0 Å². The first kappa shape index (κ1) is 17.7. The Balaban J connectivity index is 1.46. The number of rotatable bonds is 5. The fraction of sp³-hybridized carbons (Fsp3) is 0.0870. The molecule has 2 aromatic carbocycles. The molecule has 0 fully saturated rings. The Morgan fingerprint density at radius 2 is 1.82 bits per heavy atom. The van der Waals surface area contributed by atoms with Crippen LogP contribution in [0.15, 0.2) is 79.3 Å². The molecule has 28 heavy (non-hydrogen) atoms. The van der Waals surface area contributed by atoms with Gasteiger partial charge in [-0.1, -0.05) is 12.1 Å². The molecule has 5 nitrogen and oxygen atoms in total. The number of benzene rings is 2. The van der Waals surface area contributed by atoms with Gasteiger partial charge in [-0.05, 0) is 61.0 Å². The molecule has 0 radical (unpaired) electrons. The minimum absolute atomic E-state index is 0.173. The average molecular weight is 369 g/mol. The van der Waals surface area contributed by atoms with Crippen LogP contribution in [0.3, 0.4) is 0 Å². The van der Waals surface area contributed by atoms with E-state index in [-0.39, 0.29) is 5.91 Å². The first-order valence-corrected chi connectivity index (χ1v) is 8.98. The van der Waals surface area contributed by atoms with Gasteiger partial charge in [0.1, 0.15) is 12.4 Å². The third-order valence-electron chi connectivity index (χ3n) is 4.46. The van der Waals surface area contributed by atoms with Gasteiger partial charge in [-0.15, -0.1) is 0 Å². The molecule has 0 spiro atoms. The van der Waals surface area contributed by atoms with Gasteiger partial charge in [0.15, 0.2) is 0 Å². The minimum Gasteiger partial charge on any atom is -0.489 e. The number of carbonyl (C=O) groups excluding carboxylic acids is 1. The first-order chi connectivity index (χ1) is 13.7. The van der Waals surface area contributed by atoms with Crippen LogP contribution in [0.2, 0.25) is 0 Å². The number of anilines is 1. The van der Waals surface area contributed by atoms with Crippen LogP contribution in [-0.2, 0) is 6.61 Å². The predicted octanol–water partition coefficient (Wildman–Crippen LogP) is 4.77. The lowest BCUT2D eigenvalue weighted by Gasteiger charge is -2.11. The van der Waals surface area contributed by atoms with Gasteiger partial charge < -0.3 is 10.1 Å². The number of aryl methyl sites for hydroxylation is 1. The number of ether oxygens (including phenoxy) is 1. The molecule has 0 aliphatic rings. The molecule has 1 amide bonds. The van der Waals surface area contributed by atoms with E-state index >= 15 is 0 Å². The van der Waals surface area contributed by atoms with Crippen LogP contribution < -0.4 is 10.1 Å². The lowest BCUT2D eigenvalue weighted by atomic mass is 10.1. The first-order valence-electron chi connectivity index (χ1n) is 8.98. The maximum absolute atomic E-state index is 12.7. The van der Waals surface area contributed by atoms with E-state index in [9.17, 15) is 4.79 Å². The Bertz CT molecular complexity index is 1110. The third-order valence-corrected chi connectivity index (χ3v) is 4.46. The fourth-order valence-electron chi connectivity index (χ4n) is 2.97. The van der Waals surface area contributed by atoms with Gasteiger partial charge in [-0.3, -0.25) is 14.8 Å². The number of carbonyl (C=O) groups is 1. The number of amides is 1. The lowest BCUT2D eigenvalue weighted by molar-refractivity contribution is 0.102. The van der Waals surface area contributed by atoms with Crippen molar-refractivity contribution in [1.82, 2.24) is 9.97 Å². The quantitative estimate of drug-likeness (QED) is 0.550. The van der Waals surface area contributed by atoms with Crippen LogP contribution in [0, 0.1) is 6.92 Å². The van der Waals surface area contributed by atoms with E-state index in [2.05, 4.69) is 15.3 Å². The van der Waals surface area contributed by atoms with Crippen molar-refractivity contribution in [3.63, 3.8) is 0 Å². The SMILES string of the molecule is Cc1ccc(NC(=O)c2ccc(OCc3cccnc3)cc2)c2cccnc12. The number of hydrogen-bond donors (Lipinski definition) is 1. The molecule has 0 atom stereocenters. The highest BCUT2D eigenvalue weighted by atomic mass is 16.5. The molecular formula is C23H19N3O2. The normalized spacial score (nSPS) is 10.6. The maximum Gasteiger partial charge on any atom is 0.255 e. The molecule has 4 rings (SSSR count). The van der Waals surface area contributed by atoms with Crippen molar-refractivity contribution in [3.05, 3.63) is 95.9 Å². The molecule has 2 aromatic heterocycles. The third kappa shape index (κ3) is 3.83. The number of nitrogens with one attached hydrogen (secondary N) is 1. The van der Waals surface area contributed by atoms with Gasteiger partial charge in [-0.2, -0.15) is 0 Å². The van der Waals surface area contributed by atoms with Gasteiger partial charge in [0.25, 0.3) is 5.91 Å². The molecule has 5 heteroatoms. The summed E-state index contributed by atoms with van der Waals surface area (Å²) in [4.78, 5) is 21.1. The highest BCUT2D eigenvalue weighted by Gasteiger charge is 2.10. The van der Waals surface area contributed by atoms with Crippen molar-refractivity contribution in [1.29, 1.82) is 0 Å². The summed E-state index contributed by atoms with van der Waals surface area (Å²) in [6, 6.07) is 18.6. The number of nitrogens with zero attached hydrogens (tertiary/aromatic N) is 2. The molecule has 138 valence electrons. The lowest BCUT2D eigenvalue weighted by Crippen LogP contribution is -2.12. The minimum atomic E-state index is -0.173. The van der Waals surface area contributed by atoms with Gasteiger partial charge in [0.2, 0.25) is 0 Å². The molecule has 0 saturated heterocycles. The van der Waals surface area contributed by atoms with Crippen molar-refractivity contribution < 1.29 is 9.53 Å². The van der Waals surface area contributed by atoms with Crippen LogP contribution in [0.1, 0.15) is 21.5 Å². The van der Waals surface area contributed by atoms with Crippen molar-refractivity contribution >= 4 is 22.5 Å².